The zero-order chi connectivity index (χ0) is 14.8. The second-order valence-electron chi connectivity index (χ2n) is 4.35. The van der Waals surface area contributed by atoms with Crippen molar-refractivity contribution in [2.75, 3.05) is 5.32 Å². The maximum absolute atomic E-state index is 11.3. The molecule has 0 saturated carbocycles. The number of anilines is 2. The Morgan fingerprint density at radius 2 is 1.62 bits per heavy atom. The number of nitrogens with one attached hydrogen (secondary N) is 1. The highest BCUT2D eigenvalue weighted by Crippen LogP contribution is 2.22. The van der Waals surface area contributed by atoms with Gasteiger partial charge in [-0.3, -0.25) is 0 Å². The Balaban J connectivity index is 2.09. The lowest BCUT2D eigenvalue weighted by Gasteiger charge is -2.09. The van der Waals surface area contributed by atoms with Crippen molar-refractivity contribution in [3.8, 4) is 0 Å². The van der Waals surface area contributed by atoms with E-state index in [0.717, 1.165) is 0 Å². The summed E-state index contributed by atoms with van der Waals surface area (Å²) < 4.78 is 0. The number of benzene rings is 2. The molecular formula is C15H10ClN3O2. The van der Waals surface area contributed by atoms with Crippen LogP contribution in [0, 0.1) is 0 Å². The molecule has 3 aromatic rings. The molecule has 21 heavy (non-hydrogen) atoms. The molecule has 0 aliphatic carbocycles. The smallest absolute Gasteiger partial charge is 0.358 e. The maximum Gasteiger partial charge on any atom is 0.358 e. The van der Waals surface area contributed by atoms with E-state index in [0.29, 0.717) is 21.7 Å². The maximum atomic E-state index is 11.3. The predicted molar refractivity (Wildman–Crippen MR) is 81.2 cm³/mol. The molecule has 0 fully saturated rings. The molecule has 5 nitrogen and oxygen atoms in total. The molecule has 104 valence electrons. The van der Waals surface area contributed by atoms with Crippen LogP contribution in [0.2, 0.25) is 5.02 Å². The quantitative estimate of drug-likeness (QED) is 0.771. The summed E-state index contributed by atoms with van der Waals surface area (Å²) in [6.07, 6.45) is 0. The first-order valence-corrected chi connectivity index (χ1v) is 6.54. The summed E-state index contributed by atoms with van der Waals surface area (Å²) in [5.74, 6) is -0.937. The topological polar surface area (TPSA) is 75.1 Å². The number of carboxylic acid groups (broad SMARTS) is 1. The Morgan fingerprint density at radius 3 is 2.24 bits per heavy atom. The van der Waals surface area contributed by atoms with E-state index in [9.17, 15) is 9.90 Å². The monoisotopic (exact) mass is 299 g/mol. The van der Waals surface area contributed by atoms with Crippen LogP contribution >= 0.6 is 11.6 Å². The second kappa shape index (κ2) is 5.38. The molecule has 1 heterocycles. The molecule has 1 aromatic heterocycles. The number of halogens is 1. The van der Waals surface area contributed by atoms with Gasteiger partial charge in [0.1, 0.15) is 0 Å². The standard InChI is InChI=1S/C15H10ClN3O2/c16-9-5-7-10(8-6-9)17-14-13(15(20)21)18-11-3-1-2-4-12(11)19-14/h1-8H,(H,17,19)(H,20,21). The van der Waals surface area contributed by atoms with Gasteiger partial charge in [0.05, 0.1) is 11.0 Å². The van der Waals surface area contributed by atoms with Crippen molar-refractivity contribution in [2.45, 2.75) is 0 Å². The van der Waals surface area contributed by atoms with Gasteiger partial charge in [-0.2, -0.15) is 0 Å². The summed E-state index contributed by atoms with van der Waals surface area (Å²) in [4.78, 5) is 19.8. The van der Waals surface area contributed by atoms with Gasteiger partial charge in [0.25, 0.3) is 0 Å². The first kappa shape index (κ1) is 13.3. The Kier molecular flexibility index (Phi) is 3.41. The number of para-hydroxylation sites is 2. The fraction of sp³-hybridized carbons (Fsp3) is 0. The fourth-order valence-electron chi connectivity index (χ4n) is 1.91. The van der Waals surface area contributed by atoms with Crippen LogP contribution in [0.25, 0.3) is 11.0 Å². The first-order chi connectivity index (χ1) is 10.1. The van der Waals surface area contributed by atoms with Crippen LogP contribution in [0.4, 0.5) is 11.5 Å². The van der Waals surface area contributed by atoms with E-state index in [-0.39, 0.29) is 11.5 Å². The van der Waals surface area contributed by atoms with Crippen LogP contribution in [0.15, 0.2) is 48.5 Å². The van der Waals surface area contributed by atoms with Gasteiger partial charge in [0, 0.05) is 10.7 Å². The summed E-state index contributed by atoms with van der Waals surface area (Å²) in [5.41, 5.74) is 1.73. The van der Waals surface area contributed by atoms with Crippen molar-refractivity contribution in [1.82, 2.24) is 9.97 Å². The molecule has 0 aliphatic heterocycles. The number of hydrogen-bond acceptors (Lipinski definition) is 4. The molecule has 0 aliphatic rings. The highest BCUT2D eigenvalue weighted by Gasteiger charge is 2.15. The molecule has 0 atom stereocenters. The van der Waals surface area contributed by atoms with Crippen LogP contribution in [0.5, 0.6) is 0 Å². The normalized spacial score (nSPS) is 10.5. The van der Waals surface area contributed by atoms with Gasteiger partial charge in [0.15, 0.2) is 11.5 Å². The minimum atomic E-state index is -1.13. The van der Waals surface area contributed by atoms with Crippen LogP contribution in [-0.2, 0) is 0 Å². The minimum Gasteiger partial charge on any atom is -0.476 e. The Labute approximate surface area is 125 Å². The van der Waals surface area contributed by atoms with E-state index in [1.807, 2.05) is 6.07 Å². The van der Waals surface area contributed by atoms with Crippen molar-refractivity contribution in [2.24, 2.45) is 0 Å². The van der Waals surface area contributed by atoms with Gasteiger partial charge >= 0.3 is 5.97 Å². The van der Waals surface area contributed by atoms with Crippen molar-refractivity contribution in [3.05, 3.63) is 59.2 Å². The number of aromatic carboxylic acids is 1. The summed E-state index contributed by atoms with van der Waals surface area (Å²) >= 11 is 5.82. The molecular weight excluding hydrogens is 290 g/mol. The van der Waals surface area contributed by atoms with E-state index < -0.39 is 5.97 Å². The number of carboxylic acids is 1. The molecule has 0 spiro atoms. The third-order valence-corrected chi connectivity index (χ3v) is 3.13. The minimum absolute atomic E-state index is 0.122. The van der Waals surface area contributed by atoms with E-state index in [4.69, 9.17) is 11.6 Å². The van der Waals surface area contributed by atoms with E-state index in [2.05, 4.69) is 15.3 Å². The zero-order valence-corrected chi connectivity index (χ0v) is 11.5. The van der Waals surface area contributed by atoms with Gasteiger partial charge < -0.3 is 10.4 Å². The molecule has 2 aromatic carbocycles. The molecule has 3 rings (SSSR count). The molecule has 0 radical (unpaired) electrons. The van der Waals surface area contributed by atoms with Crippen molar-refractivity contribution in [1.29, 1.82) is 0 Å². The summed E-state index contributed by atoms with van der Waals surface area (Å²) in [7, 11) is 0. The first-order valence-electron chi connectivity index (χ1n) is 6.16. The lowest BCUT2D eigenvalue weighted by atomic mass is 10.2. The third kappa shape index (κ3) is 2.78. The summed E-state index contributed by atoms with van der Waals surface area (Å²) in [6.45, 7) is 0. The number of rotatable bonds is 3. The van der Waals surface area contributed by atoms with Crippen molar-refractivity contribution in [3.63, 3.8) is 0 Å². The molecule has 6 heteroatoms. The molecule has 0 unspecified atom stereocenters. The number of hydrogen-bond donors (Lipinski definition) is 2. The van der Waals surface area contributed by atoms with Crippen LogP contribution < -0.4 is 5.32 Å². The Bertz CT molecular complexity index is 819. The SMILES string of the molecule is O=C(O)c1nc2ccccc2nc1Nc1ccc(Cl)cc1. The van der Waals surface area contributed by atoms with E-state index >= 15 is 0 Å². The van der Waals surface area contributed by atoms with Gasteiger partial charge in [-0.05, 0) is 36.4 Å². The molecule has 2 N–H and O–H groups in total. The van der Waals surface area contributed by atoms with Crippen LogP contribution in [-0.4, -0.2) is 21.0 Å². The number of carbonyl (C=O) groups is 1. The second-order valence-corrected chi connectivity index (χ2v) is 4.78. The van der Waals surface area contributed by atoms with Crippen molar-refractivity contribution >= 4 is 40.1 Å². The fourth-order valence-corrected chi connectivity index (χ4v) is 2.03. The van der Waals surface area contributed by atoms with Crippen LogP contribution in [0.3, 0.4) is 0 Å². The largest absolute Gasteiger partial charge is 0.476 e. The highest BCUT2D eigenvalue weighted by atomic mass is 35.5. The number of fused-ring (bicyclic) bond motifs is 1. The van der Waals surface area contributed by atoms with Gasteiger partial charge in [-0.25, -0.2) is 14.8 Å². The zero-order valence-electron chi connectivity index (χ0n) is 10.7. The van der Waals surface area contributed by atoms with Gasteiger partial charge in [0.2, 0.25) is 0 Å². The highest BCUT2D eigenvalue weighted by molar-refractivity contribution is 6.30. The number of nitrogens with zero attached hydrogens (tertiary/aromatic N) is 2. The lowest BCUT2D eigenvalue weighted by molar-refractivity contribution is 0.0692. The van der Waals surface area contributed by atoms with E-state index in [1.165, 1.54) is 0 Å². The number of aromatic nitrogens is 2. The van der Waals surface area contributed by atoms with Gasteiger partial charge in [-0.15, -0.1) is 0 Å². The Hall–Kier alpha value is -2.66. The van der Waals surface area contributed by atoms with Crippen LogP contribution in [0.1, 0.15) is 10.5 Å². The third-order valence-electron chi connectivity index (χ3n) is 2.88. The van der Waals surface area contributed by atoms with Crippen molar-refractivity contribution < 1.29 is 9.90 Å². The molecule has 0 bridgehead atoms. The Morgan fingerprint density at radius 1 is 1.00 bits per heavy atom. The average Bonchev–Trinajstić information content (AvgIpc) is 2.48. The summed E-state index contributed by atoms with van der Waals surface area (Å²) in [6, 6.07) is 14.0. The predicted octanol–water partition coefficient (Wildman–Crippen LogP) is 3.73. The molecule has 0 saturated heterocycles. The average molecular weight is 300 g/mol. The van der Waals surface area contributed by atoms with Gasteiger partial charge in [-0.1, -0.05) is 23.7 Å². The van der Waals surface area contributed by atoms with E-state index in [1.54, 1.807) is 42.5 Å². The molecule has 0 amide bonds. The lowest BCUT2D eigenvalue weighted by Crippen LogP contribution is -2.08. The summed E-state index contributed by atoms with van der Waals surface area (Å²) in [5, 5.41) is 12.8.